The summed E-state index contributed by atoms with van der Waals surface area (Å²) in [7, 11) is 0. The molecule has 1 aromatic carbocycles. The van der Waals surface area contributed by atoms with Gasteiger partial charge in [0, 0.05) is 13.1 Å². The number of ether oxygens (including phenoxy) is 1. The lowest BCUT2D eigenvalue weighted by Gasteiger charge is -2.22. The Hall–Kier alpha value is -1.17. The van der Waals surface area contributed by atoms with Crippen molar-refractivity contribution < 1.29 is 13.9 Å². The van der Waals surface area contributed by atoms with E-state index in [1.807, 2.05) is 6.92 Å². The first-order valence-electron chi connectivity index (χ1n) is 6.50. The van der Waals surface area contributed by atoms with Crippen LogP contribution in [0.4, 0.5) is 4.39 Å². The second-order valence-electron chi connectivity index (χ2n) is 4.69. The van der Waals surface area contributed by atoms with Gasteiger partial charge < -0.3 is 15.4 Å². The van der Waals surface area contributed by atoms with Crippen molar-refractivity contribution in [2.45, 2.75) is 19.4 Å². The van der Waals surface area contributed by atoms with Gasteiger partial charge in [0.05, 0.1) is 13.2 Å². The monoisotopic (exact) mass is 302 g/mol. The van der Waals surface area contributed by atoms with Gasteiger partial charge >= 0.3 is 0 Å². The van der Waals surface area contributed by atoms with Crippen LogP contribution in [0.2, 0.25) is 0 Å². The summed E-state index contributed by atoms with van der Waals surface area (Å²) in [5, 5.41) is 5.97. The number of morpholine rings is 1. The lowest BCUT2D eigenvalue weighted by Crippen LogP contribution is -2.51. The Morgan fingerprint density at radius 3 is 3.00 bits per heavy atom. The quantitative estimate of drug-likeness (QED) is 0.879. The number of carbonyl (C=O) groups is 1. The Morgan fingerprint density at radius 1 is 1.55 bits per heavy atom. The maximum absolute atomic E-state index is 12.9. The molecule has 1 fully saturated rings. The van der Waals surface area contributed by atoms with E-state index < -0.39 is 0 Å². The molecule has 1 aromatic rings. The van der Waals surface area contributed by atoms with Crippen LogP contribution in [-0.2, 0) is 16.0 Å². The number of hydrogen-bond donors (Lipinski definition) is 2. The van der Waals surface area contributed by atoms with Gasteiger partial charge in [-0.1, -0.05) is 6.07 Å². The van der Waals surface area contributed by atoms with Crippen molar-refractivity contribution in [1.82, 2.24) is 10.6 Å². The Balaban J connectivity index is 0.00000200. The second kappa shape index (κ2) is 8.19. The average Bonchev–Trinajstić information content (AvgIpc) is 2.42. The van der Waals surface area contributed by atoms with Crippen LogP contribution in [-0.4, -0.2) is 38.3 Å². The van der Waals surface area contributed by atoms with Gasteiger partial charge in [-0.25, -0.2) is 4.39 Å². The molecule has 1 unspecified atom stereocenters. The number of benzene rings is 1. The van der Waals surface area contributed by atoms with Crippen molar-refractivity contribution in [2.24, 2.45) is 0 Å². The van der Waals surface area contributed by atoms with E-state index >= 15 is 0 Å². The largest absolute Gasteiger partial charge is 0.378 e. The molecule has 1 aliphatic rings. The molecule has 1 atom stereocenters. The minimum Gasteiger partial charge on any atom is -0.378 e. The number of amides is 1. The number of rotatable bonds is 4. The summed E-state index contributed by atoms with van der Waals surface area (Å²) < 4.78 is 18.2. The molecule has 1 amide bonds. The summed E-state index contributed by atoms with van der Waals surface area (Å²) in [5.74, 6) is -0.270. The number of aryl methyl sites for hydroxylation is 1. The molecule has 0 spiro atoms. The van der Waals surface area contributed by atoms with Crippen LogP contribution in [0.3, 0.4) is 0 Å². The molecular weight excluding hydrogens is 283 g/mol. The Kier molecular flexibility index (Phi) is 6.91. The summed E-state index contributed by atoms with van der Waals surface area (Å²) in [6, 6.07) is 4.45. The summed E-state index contributed by atoms with van der Waals surface area (Å²) in [4.78, 5) is 11.8. The molecular formula is C14H20ClFN2O2. The predicted molar refractivity (Wildman–Crippen MR) is 77.7 cm³/mol. The van der Waals surface area contributed by atoms with Gasteiger partial charge in [-0.15, -0.1) is 12.4 Å². The topological polar surface area (TPSA) is 50.4 Å². The maximum Gasteiger partial charge on any atom is 0.239 e. The van der Waals surface area contributed by atoms with Crippen molar-refractivity contribution in [2.75, 3.05) is 26.3 Å². The molecule has 0 saturated carbocycles. The molecule has 0 bridgehead atoms. The van der Waals surface area contributed by atoms with Crippen LogP contribution >= 0.6 is 12.4 Å². The molecule has 2 N–H and O–H groups in total. The van der Waals surface area contributed by atoms with Gasteiger partial charge in [0.15, 0.2) is 0 Å². The first kappa shape index (κ1) is 16.9. The fourth-order valence-corrected chi connectivity index (χ4v) is 2.12. The second-order valence-corrected chi connectivity index (χ2v) is 4.69. The van der Waals surface area contributed by atoms with E-state index in [9.17, 15) is 9.18 Å². The maximum atomic E-state index is 12.9. The first-order chi connectivity index (χ1) is 9.16. The van der Waals surface area contributed by atoms with Crippen LogP contribution in [0, 0.1) is 12.7 Å². The summed E-state index contributed by atoms with van der Waals surface area (Å²) in [6.45, 7) is 4.19. The van der Waals surface area contributed by atoms with E-state index in [-0.39, 0.29) is 30.2 Å². The third kappa shape index (κ3) is 4.74. The Morgan fingerprint density at radius 2 is 2.35 bits per heavy atom. The third-order valence-corrected chi connectivity index (χ3v) is 3.24. The number of carbonyl (C=O) groups excluding carboxylic acids is 1. The molecule has 0 aliphatic carbocycles. The van der Waals surface area contributed by atoms with Crippen molar-refractivity contribution >= 4 is 18.3 Å². The van der Waals surface area contributed by atoms with E-state index in [4.69, 9.17) is 4.74 Å². The van der Waals surface area contributed by atoms with E-state index in [1.165, 1.54) is 12.1 Å². The van der Waals surface area contributed by atoms with Gasteiger partial charge in [0.2, 0.25) is 5.91 Å². The fourth-order valence-electron chi connectivity index (χ4n) is 2.12. The minimum atomic E-state index is -0.261. The fraction of sp³-hybridized carbons (Fsp3) is 0.500. The number of hydrogen-bond acceptors (Lipinski definition) is 3. The smallest absolute Gasteiger partial charge is 0.239 e. The number of nitrogens with one attached hydrogen (secondary N) is 2. The van der Waals surface area contributed by atoms with E-state index in [0.29, 0.717) is 32.7 Å². The van der Waals surface area contributed by atoms with Gasteiger partial charge in [-0.2, -0.15) is 0 Å². The molecule has 1 aliphatic heterocycles. The normalized spacial score (nSPS) is 18.2. The van der Waals surface area contributed by atoms with Crippen molar-refractivity contribution in [3.05, 3.63) is 35.1 Å². The molecule has 20 heavy (non-hydrogen) atoms. The van der Waals surface area contributed by atoms with E-state index in [0.717, 1.165) is 11.1 Å². The SMILES string of the molecule is Cc1cc(F)ccc1CCNC(=O)C1COCCN1.Cl. The first-order valence-corrected chi connectivity index (χ1v) is 6.50. The molecule has 0 aromatic heterocycles. The van der Waals surface area contributed by atoms with Crippen LogP contribution in [0.1, 0.15) is 11.1 Å². The Bertz CT molecular complexity index is 451. The van der Waals surface area contributed by atoms with E-state index in [2.05, 4.69) is 10.6 Å². The van der Waals surface area contributed by atoms with Crippen LogP contribution in [0.25, 0.3) is 0 Å². The summed E-state index contributed by atoms with van der Waals surface area (Å²) >= 11 is 0. The van der Waals surface area contributed by atoms with Crippen molar-refractivity contribution in [1.29, 1.82) is 0 Å². The van der Waals surface area contributed by atoms with Gasteiger partial charge in [-0.3, -0.25) is 4.79 Å². The molecule has 2 rings (SSSR count). The molecule has 1 saturated heterocycles. The van der Waals surface area contributed by atoms with Crippen LogP contribution in [0.5, 0.6) is 0 Å². The van der Waals surface area contributed by atoms with E-state index in [1.54, 1.807) is 6.07 Å². The molecule has 0 radical (unpaired) electrons. The number of halogens is 2. The molecule has 6 heteroatoms. The van der Waals surface area contributed by atoms with Crippen molar-refractivity contribution in [3.63, 3.8) is 0 Å². The molecule has 1 heterocycles. The highest BCUT2D eigenvalue weighted by atomic mass is 35.5. The standard InChI is InChI=1S/C14H19FN2O2.ClH/c1-10-8-12(15)3-2-11(10)4-5-17-14(18)13-9-19-7-6-16-13;/h2-3,8,13,16H,4-7,9H2,1H3,(H,17,18);1H. The Labute approximate surface area is 124 Å². The summed E-state index contributed by atoms with van der Waals surface area (Å²) in [5.41, 5.74) is 1.96. The highest BCUT2D eigenvalue weighted by Gasteiger charge is 2.20. The van der Waals surface area contributed by atoms with Crippen molar-refractivity contribution in [3.8, 4) is 0 Å². The average molecular weight is 303 g/mol. The zero-order valence-corrected chi connectivity index (χ0v) is 12.3. The highest BCUT2D eigenvalue weighted by Crippen LogP contribution is 2.10. The van der Waals surface area contributed by atoms with Crippen LogP contribution in [0.15, 0.2) is 18.2 Å². The third-order valence-electron chi connectivity index (χ3n) is 3.24. The molecule has 112 valence electrons. The lowest BCUT2D eigenvalue weighted by molar-refractivity contribution is -0.125. The highest BCUT2D eigenvalue weighted by molar-refractivity contribution is 5.85. The minimum absolute atomic E-state index is 0. The van der Waals surface area contributed by atoms with Gasteiger partial charge in [0.25, 0.3) is 0 Å². The molecule has 4 nitrogen and oxygen atoms in total. The van der Waals surface area contributed by atoms with Gasteiger partial charge in [0.1, 0.15) is 11.9 Å². The van der Waals surface area contributed by atoms with Crippen LogP contribution < -0.4 is 10.6 Å². The zero-order valence-electron chi connectivity index (χ0n) is 11.4. The predicted octanol–water partition coefficient (Wildman–Crippen LogP) is 1.20. The lowest BCUT2D eigenvalue weighted by atomic mass is 10.1. The van der Waals surface area contributed by atoms with Gasteiger partial charge in [-0.05, 0) is 36.6 Å². The summed E-state index contributed by atoms with van der Waals surface area (Å²) in [6.07, 6.45) is 0.700. The zero-order chi connectivity index (χ0) is 13.7.